The zero-order chi connectivity index (χ0) is 23.3. The van der Waals surface area contributed by atoms with E-state index in [1.165, 1.54) is 48.5 Å². The highest BCUT2D eigenvalue weighted by molar-refractivity contribution is 6.14. The van der Waals surface area contributed by atoms with E-state index in [2.05, 4.69) is 5.32 Å². The molecule has 3 rings (SSSR count). The number of aliphatic carboxylic acids is 2. The number of hydrogen-bond donors (Lipinski definition) is 3. The maximum atomic E-state index is 13.0. The van der Waals surface area contributed by atoms with Crippen LogP contribution >= 0.6 is 0 Å². The Labute approximate surface area is 181 Å². The number of carboxylic acid groups (broad SMARTS) is 2. The van der Waals surface area contributed by atoms with Crippen LogP contribution in [-0.2, 0) is 14.4 Å². The zero-order valence-corrected chi connectivity index (χ0v) is 16.5. The monoisotopic (exact) mass is 443 g/mol. The molecule has 0 aromatic heterocycles. The average molecular weight is 443 g/mol. The van der Waals surface area contributed by atoms with Crippen LogP contribution in [0.4, 0.5) is 4.39 Å². The van der Waals surface area contributed by atoms with Crippen LogP contribution in [-0.4, -0.2) is 46.5 Å². The van der Waals surface area contributed by atoms with Crippen molar-refractivity contribution in [2.45, 2.75) is 18.9 Å². The largest absolute Gasteiger partial charge is 0.484 e. The summed E-state index contributed by atoms with van der Waals surface area (Å²) in [5.41, 5.74) is 0.862. The SMILES string of the molecule is O=C(O)CCC(NC(=O)COc1ccc2c(c1)OC(=Cc1ccc(F)cc1)C2=O)C(=O)O. The molecular weight excluding hydrogens is 425 g/mol. The summed E-state index contributed by atoms with van der Waals surface area (Å²) in [7, 11) is 0. The summed E-state index contributed by atoms with van der Waals surface area (Å²) >= 11 is 0. The number of carboxylic acids is 2. The first-order valence-corrected chi connectivity index (χ1v) is 9.43. The Bertz CT molecular complexity index is 1090. The topological polar surface area (TPSA) is 139 Å². The van der Waals surface area contributed by atoms with E-state index in [1.807, 2.05) is 0 Å². The van der Waals surface area contributed by atoms with Crippen molar-refractivity contribution >= 4 is 29.7 Å². The second-order valence-electron chi connectivity index (χ2n) is 6.83. The smallest absolute Gasteiger partial charge is 0.326 e. The first-order chi connectivity index (χ1) is 15.2. The van der Waals surface area contributed by atoms with Gasteiger partial charge in [-0.1, -0.05) is 12.1 Å². The minimum atomic E-state index is -1.36. The molecule has 3 N–H and O–H groups in total. The van der Waals surface area contributed by atoms with Crippen LogP contribution in [0.25, 0.3) is 6.08 Å². The highest BCUT2D eigenvalue weighted by Crippen LogP contribution is 2.34. The van der Waals surface area contributed by atoms with E-state index in [4.69, 9.17) is 19.7 Å². The highest BCUT2D eigenvalue weighted by atomic mass is 19.1. The Balaban J connectivity index is 1.61. The Morgan fingerprint density at radius 1 is 1.12 bits per heavy atom. The van der Waals surface area contributed by atoms with Crippen molar-refractivity contribution in [3.8, 4) is 11.5 Å². The lowest BCUT2D eigenvalue weighted by Gasteiger charge is -2.14. The number of ketones is 1. The molecule has 0 bridgehead atoms. The number of halogens is 1. The molecule has 32 heavy (non-hydrogen) atoms. The van der Waals surface area contributed by atoms with E-state index >= 15 is 0 Å². The number of carbonyl (C=O) groups is 4. The number of nitrogens with one attached hydrogen (secondary N) is 1. The van der Waals surface area contributed by atoms with Gasteiger partial charge in [0.2, 0.25) is 5.78 Å². The van der Waals surface area contributed by atoms with Crippen LogP contribution in [0.3, 0.4) is 0 Å². The number of rotatable bonds is 9. The lowest BCUT2D eigenvalue weighted by molar-refractivity contribution is -0.143. The zero-order valence-electron chi connectivity index (χ0n) is 16.5. The van der Waals surface area contributed by atoms with Crippen molar-refractivity contribution < 1.29 is 43.3 Å². The molecule has 1 aliphatic rings. The van der Waals surface area contributed by atoms with Gasteiger partial charge < -0.3 is 25.0 Å². The van der Waals surface area contributed by atoms with Crippen molar-refractivity contribution in [3.05, 3.63) is 65.2 Å². The molecule has 0 radical (unpaired) electrons. The van der Waals surface area contributed by atoms with Gasteiger partial charge in [0.15, 0.2) is 12.4 Å². The Morgan fingerprint density at radius 3 is 2.50 bits per heavy atom. The van der Waals surface area contributed by atoms with Crippen LogP contribution in [0.2, 0.25) is 0 Å². The van der Waals surface area contributed by atoms with Crippen molar-refractivity contribution in [1.82, 2.24) is 5.32 Å². The van der Waals surface area contributed by atoms with Gasteiger partial charge in [0.1, 0.15) is 23.4 Å². The molecule has 1 atom stereocenters. The molecule has 1 aliphatic heterocycles. The van der Waals surface area contributed by atoms with Gasteiger partial charge in [-0.2, -0.15) is 0 Å². The fraction of sp³-hybridized carbons (Fsp3) is 0.182. The Kier molecular flexibility index (Phi) is 6.83. The molecule has 0 fully saturated rings. The maximum Gasteiger partial charge on any atom is 0.326 e. The van der Waals surface area contributed by atoms with Crippen LogP contribution < -0.4 is 14.8 Å². The van der Waals surface area contributed by atoms with Crippen molar-refractivity contribution in [2.24, 2.45) is 0 Å². The van der Waals surface area contributed by atoms with Gasteiger partial charge in [-0.25, -0.2) is 9.18 Å². The summed E-state index contributed by atoms with van der Waals surface area (Å²) in [6, 6.07) is 8.47. The second-order valence-corrected chi connectivity index (χ2v) is 6.83. The fourth-order valence-corrected chi connectivity index (χ4v) is 2.88. The van der Waals surface area contributed by atoms with E-state index in [0.29, 0.717) is 5.56 Å². The van der Waals surface area contributed by atoms with Crippen LogP contribution in [0.1, 0.15) is 28.8 Å². The molecule has 0 saturated carbocycles. The lowest BCUT2D eigenvalue weighted by Crippen LogP contribution is -2.43. The van der Waals surface area contributed by atoms with E-state index in [9.17, 15) is 23.6 Å². The summed E-state index contributed by atoms with van der Waals surface area (Å²) in [6.07, 6.45) is 0.787. The Hall–Kier alpha value is -4.21. The van der Waals surface area contributed by atoms with E-state index in [1.54, 1.807) is 0 Å². The molecule has 9 nitrogen and oxygen atoms in total. The summed E-state index contributed by atoms with van der Waals surface area (Å²) in [6.45, 7) is -0.526. The molecule has 1 amide bonds. The number of fused-ring (bicyclic) bond motifs is 1. The molecule has 10 heteroatoms. The molecule has 0 aliphatic carbocycles. The van der Waals surface area contributed by atoms with Gasteiger partial charge in [-0.15, -0.1) is 0 Å². The average Bonchev–Trinajstić information content (AvgIpc) is 3.05. The fourth-order valence-electron chi connectivity index (χ4n) is 2.88. The van der Waals surface area contributed by atoms with Gasteiger partial charge in [0.05, 0.1) is 5.56 Å². The molecule has 1 heterocycles. The van der Waals surface area contributed by atoms with E-state index < -0.39 is 42.7 Å². The van der Waals surface area contributed by atoms with Gasteiger partial charge in [0, 0.05) is 12.5 Å². The van der Waals surface area contributed by atoms with Gasteiger partial charge in [0.25, 0.3) is 5.91 Å². The minimum Gasteiger partial charge on any atom is -0.484 e. The summed E-state index contributed by atoms with van der Waals surface area (Å²) in [5.74, 6) is -3.60. The number of hydrogen-bond acceptors (Lipinski definition) is 6. The molecule has 0 saturated heterocycles. The van der Waals surface area contributed by atoms with Crippen molar-refractivity contribution in [1.29, 1.82) is 0 Å². The number of benzene rings is 2. The van der Waals surface area contributed by atoms with Crippen molar-refractivity contribution in [2.75, 3.05) is 6.61 Å². The maximum absolute atomic E-state index is 13.0. The lowest BCUT2D eigenvalue weighted by atomic mass is 10.1. The summed E-state index contributed by atoms with van der Waals surface area (Å²) in [5, 5.41) is 19.9. The third kappa shape index (κ3) is 5.69. The first-order valence-electron chi connectivity index (χ1n) is 9.43. The van der Waals surface area contributed by atoms with Crippen LogP contribution in [0, 0.1) is 5.82 Å². The number of amides is 1. The van der Waals surface area contributed by atoms with Gasteiger partial charge in [-0.3, -0.25) is 14.4 Å². The highest BCUT2D eigenvalue weighted by Gasteiger charge is 2.28. The van der Waals surface area contributed by atoms with E-state index in [-0.39, 0.29) is 35.0 Å². The molecule has 166 valence electrons. The van der Waals surface area contributed by atoms with Crippen molar-refractivity contribution in [3.63, 3.8) is 0 Å². The van der Waals surface area contributed by atoms with E-state index in [0.717, 1.165) is 0 Å². The number of ether oxygens (including phenoxy) is 2. The number of Topliss-reactive ketones (excluding diaryl/α,β-unsaturated/α-hetero) is 1. The second kappa shape index (κ2) is 9.73. The standard InChI is InChI=1S/C22H18FNO8/c23-13-3-1-12(2-4-13)9-18-21(28)15-6-5-14(10-17(15)32-18)31-11-19(25)24-16(22(29)30)7-8-20(26)27/h1-6,9-10,16H,7-8,11H2,(H,24,25)(H,26,27)(H,29,30). The normalized spacial score (nSPS) is 14.4. The number of carbonyl (C=O) groups excluding carboxylic acids is 2. The van der Waals surface area contributed by atoms with Gasteiger partial charge >= 0.3 is 11.9 Å². The minimum absolute atomic E-state index is 0.0456. The Morgan fingerprint density at radius 2 is 1.84 bits per heavy atom. The molecule has 1 unspecified atom stereocenters. The predicted octanol–water partition coefficient (Wildman–Crippen LogP) is 2.25. The molecule has 2 aromatic carbocycles. The third-order valence-corrected chi connectivity index (χ3v) is 4.46. The quantitative estimate of drug-likeness (QED) is 0.502. The first kappa shape index (κ1) is 22.5. The predicted molar refractivity (Wildman–Crippen MR) is 108 cm³/mol. The molecular formula is C22H18FNO8. The summed E-state index contributed by atoms with van der Waals surface area (Å²) in [4.78, 5) is 46.2. The number of allylic oxidation sites excluding steroid dienone is 1. The molecule has 0 spiro atoms. The third-order valence-electron chi connectivity index (χ3n) is 4.46. The summed E-state index contributed by atoms with van der Waals surface area (Å²) < 4.78 is 23.9. The van der Waals surface area contributed by atoms with Gasteiger partial charge in [-0.05, 0) is 42.3 Å². The van der Waals surface area contributed by atoms with Crippen LogP contribution in [0.5, 0.6) is 11.5 Å². The van der Waals surface area contributed by atoms with Crippen LogP contribution in [0.15, 0.2) is 48.2 Å². The molecule has 2 aromatic rings.